The highest BCUT2D eigenvalue weighted by atomic mass is 16.5. The Morgan fingerprint density at radius 3 is 2.89 bits per heavy atom. The minimum atomic E-state index is -0.374. The number of piperidine rings is 1. The van der Waals surface area contributed by atoms with Crippen LogP contribution >= 0.6 is 0 Å². The Labute approximate surface area is 204 Å². The van der Waals surface area contributed by atoms with Crippen molar-refractivity contribution in [2.24, 2.45) is 0 Å². The van der Waals surface area contributed by atoms with Gasteiger partial charge in [0, 0.05) is 44.6 Å². The largest absolute Gasteiger partial charge is 0.385 e. The Hall–Kier alpha value is -3.77. The summed E-state index contributed by atoms with van der Waals surface area (Å²) in [6.45, 7) is 3.94. The number of benzene rings is 1. The van der Waals surface area contributed by atoms with Crippen LogP contribution in [-0.2, 0) is 11.3 Å². The van der Waals surface area contributed by atoms with Crippen molar-refractivity contribution < 1.29 is 14.3 Å². The third-order valence-corrected chi connectivity index (χ3v) is 6.40. The summed E-state index contributed by atoms with van der Waals surface area (Å²) < 4.78 is 7.01. The van der Waals surface area contributed by atoms with Gasteiger partial charge in [0.15, 0.2) is 5.65 Å². The number of ether oxygens (including phenoxy) is 1. The Balaban J connectivity index is 1.65. The van der Waals surface area contributed by atoms with Crippen LogP contribution in [0.4, 0.5) is 5.95 Å². The number of imidazole rings is 1. The summed E-state index contributed by atoms with van der Waals surface area (Å²) >= 11 is 0. The van der Waals surface area contributed by atoms with Gasteiger partial charge in [-0.05, 0) is 56.4 Å². The summed E-state index contributed by atoms with van der Waals surface area (Å²) in [7, 11) is 1.64. The highest BCUT2D eigenvalue weighted by Gasteiger charge is 2.27. The Bertz CT molecular complexity index is 1260. The van der Waals surface area contributed by atoms with Crippen molar-refractivity contribution in [3.63, 3.8) is 0 Å². The van der Waals surface area contributed by atoms with Crippen molar-refractivity contribution in [3.05, 3.63) is 53.2 Å². The molecule has 2 aromatic heterocycles. The lowest BCUT2D eigenvalue weighted by atomic mass is 9.99. The molecule has 3 heterocycles. The third kappa shape index (κ3) is 5.33. The second-order valence-corrected chi connectivity index (χ2v) is 8.70. The number of hydrogen-bond acceptors (Lipinski definition) is 6. The number of hydrogen-bond donors (Lipinski definition) is 1. The molecule has 9 nitrogen and oxygen atoms in total. The first-order valence-corrected chi connectivity index (χ1v) is 12.0. The van der Waals surface area contributed by atoms with Gasteiger partial charge in [-0.3, -0.25) is 19.5 Å². The molecule has 1 saturated heterocycles. The smallest absolute Gasteiger partial charge is 0.258 e. The van der Waals surface area contributed by atoms with Crippen LogP contribution in [0.15, 0.2) is 36.5 Å². The molecule has 0 saturated carbocycles. The van der Waals surface area contributed by atoms with E-state index in [0.717, 1.165) is 32.2 Å². The van der Waals surface area contributed by atoms with Crippen molar-refractivity contribution in [2.45, 2.75) is 51.6 Å². The van der Waals surface area contributed by atoms with E-state index in [4.69, 9.17) is 10.00 Å². The van der Waals surface area contributed by atoms with Gasteiger partial charge in [-0.15, -0.1) is 0 Å². The molecule has 1 aromatic carbocycles. The maximum atomic E-state index is 13.3. The van der Waals surface area contributed by atoms with Crippen LogP contribution in [0.1, 0.15) is 65.3 Å². The number of anilines is 1. The van der Waals surface area contributed by atoms with Gasteiger partial charge in [-0.25, -0.2) is 9.97 Å². The number of nitrogens with zero attached hydrogens (tertiary/aromatic N) is 5. The fraction of sp³-hybridized carbons (Fsp3) is 0.423. The topological polar surface area (TPSA) is 113 Å². The number of nitrogens with one attached hydrogen (secondary N) is 1. The van der Waals surface area contributed by atoms with Crippen molar-refractivity contribution in [1.82, 2.24) is 19.4 Å². The first-order valence-electron chi connectivity index (χ1n) is 12.0. The maximum absolute atomic E-state index is 13.3. The van der Waals surface area contributed by atoms with E-state index in [2.05, 4.69) is 22.2 Å². The highest BCUT2D eigenvalue weighted by Crippen LogP contribution is 2.24. The predicted octanol–water partition coefficient (Wildman–Crippen LogP) is 4.00. The molecule has 1 N–H and O–H groups in total. The lowest BCUT2D eigenvalue weighted by Gasteiger charge is -2.35. The van der Waals surface area contributed by atoms with Gasteiger partial charge in [0.2, 0.25) is 5.95 Å². The molecule has 0 aliphatic carbocycles. The Morgan fingerprint density at radius 1 is 1.26 bits per heavy atom. The Morgan fingerprint density at radius 2 is 2.11 bits per heavy atom. The van der Waals surface area contributed by atoms with Crippen molar-refractivity contribution in [2.75, 3.05) is 25.6 Å². The fourth-order valence-electron chi connectivity index (χ4n) is 4.56. The Kier molecular flexibility index (Phi) is 7.73. The number of likely N-dealkylation sites (tertiary alicyclic amines) is 1. The summed E-state index contributed by atoms with van der Waals surface area (Å²) in [5.41, 5.74) is 2.39. The maximum Gasteiger partial charge on any atom is 0.258 e. The van der Waals surface area contributed by atoms with E-state index in [1.54, 1.807) is 37.6 Å². The summed E-state index contributed by atoms with van der Waals surface area (Å²) in [6.07, 6.45) is 6.40. The molecule has 35 heavy (non-hydrogen) atoms. The van der Waals surface area contributed by atoms with E-state index in [1.165, 1.54) is 6.07 Å². The second-order valence-electron chi connectivity index (χ2n) is 8.70. The van der Waals surface area contributed by atoms with Gasteiger partial charge in [0.1, 0.15) is 5.52 Å². The minimum absolute atomic E-state index is 0.0289. The van der Waals surface area contributed by atoms with Gasteiger partial charge in [-0.1, -0.05) is 13.0 Å². The SMILES string of the molecule is CCC1CCCCN1C(=O)c1cnc2c(c1)nc(NC(=O)c1cccc(C#N)c1)n2CCCOC. The zero-order chi connectivity index (χ0) is 24.8. The molecule has 0 bridgehead atoms. The van der Waals surface area contributed by atoms with Crippen LogP contribution in [0, 0.1) is 11.3 Å². The number of amides is 2. The standard InChI is InChI=1S/C26H30N6O3/c1-3-21-10-4-5-11-31(21)25(34)20-15-22-23(28-17-20)32(12-7-13-35-2)26(29-22)30-24(33)19-9-6-8-18(14-19)16-27/h6,8-9,14-15,17,21H,3-5,7,10-13H2,1-2H3,(H,29,30,33). The average Bonchev–Trinajstić information content (AvgIpc) is 3.24. The van der Waals surface area contributed by atoms with E-state index < -0.39 is 0 Å². The molecule has 1 atom stereocenters. The van der Waals surface area contributed by atoms with Crippen LogP contribution in [-0.4, -0.2) is 57.6 Å². The first-order chi connectivity index (χ1) is 17.0. The zero-order valence-electron chi connectivity index (χ0n) is 20.2. The summed E-state index contributed by atoms with van der Waals surface area (Å²) in [5.74, 6) is -0.0652. The van der Waals surface area contributed by atoms with Gasteiger partial charge in [-0.2, -0.15) is 5.26 Å². The van der Waals surface area contributed by atoms with E-state index in [-0.39, 0.29) is 17.9 Å². The number of carbonyl (C=O) groups excluding carboxylic acids is 2. The van der Waals surface area contributed by atoms with Crippen LogP contribution in [0.25, 0.3) is 11.2 Å². The predicted molar refractivity (Wildman–Crippen MR) is 132 cm³/mol. The molecule has 1 unspecified atom stereocenters. The summed E-state index contributed by atoms with van der Waals surface area (Å²) in [5, 5.41) is 12.0. The highest BCUT2D eigenvalue weighted by molar-refractivity contribution is 6.04. The third-order valence-electron chi connectivity index (χ3n) is 6.40. The van der Waals surface area contributed by atoms with Crippen LogP contribution in [0.3, 0.4) is 0 Å². The molecule has 182 valence electrons. The van der Waals surface area contributed by atoms with E-state index >= 15 is 0 Å². The number of fused-ring (bicyclic) bond motifs is 1. The minimum Gasteiger partial charge on any atom is -0.385 e. The molecule has 3 aromatic rings. The molecule has 4 rings (SSSR count). The molecular formula is C26H30N6O3. The number of carbonyl (C=O) groups is 2. The summed E-state index contributed by atoms with van der Waals surface area (Å²) in [6, 6.07) is 10.5. The van der Waals surface area contributed by atoms with Crippen molar-refractivity contribution >= 4 is 28.9 Å². The number of rotatable bonds is 8. The van der Waals surface area contributed by atoms with Gasteiger partial charge < -0.3 is 9.64 Å². The number of pyridine rings is 1. The van der Waals surface area contributed by atoms with Crippen molar-refractivity contribution in [1.29, 1.82) is 5.26 Å². The van der Waals surface area contributed by atoms with E-state index in [1.807, 2.05) is 15.5 Å². The van der Waals surface area contributed by atoms with E-state index in [0.29, 0.717) is 53.4 Å². The van der Waals surface area contributed by atoms with Gasteiger partial charge in [0.25, 0.3) is 11.8 Å². The monoisotopic (exact) mass is 474 g/mol. The van der Waals surface area contributed by atoms with Crippen LogP contribution < -0.4 is 5.32 Å². The lowest BCUT2D eigenvalue weighted by molar-refractivity contribution is 0.0607. The average molecular weight is 475 g/mol. The van der Waals surface area contributed by atoms with Crippen molar-refractivity contribution in [3.8, 4) is 6.07 Å². The van der Waals surface area contributed by atoms with Crippen LogP contribution in [0.2, 0.25) is 0 Å². The fourth-order valence-corrected chi connectivity index (χ4v) is 4.56. The molecule has 0 spiro atoms. The second kappa shape index (κ2) is 11.1. The van der Waals surface area contributed by atoms with Gasteiger partial charge in [0.05, 0.1) is 17.2 Å². The molecule has 9 heteroatoms. The number of aromatic nitrogens is 3. The summed E-state index contributed by atoms with van der Waals surface area (Å²) in [4.78, 5) is 37.3. The molecule has 1 aliphatic heterocycles. The first kappa shape index (κ1) is 24.4. The molecule has 1 aliphatic rings. The van der Waals surface area contributed by atoms with Gasteiger partial charge >= 0.3 is 0 Å². The molecule has 2 amide bonds. The molecular weight excluding hydrogens is 444 g/mol. The lowest BCUT2D eigenvalue weighted by Crippen LogP contribution is -2.43. The molecule has 1 fully saturated rings. The normalized spacial score (nSPS) is 15.7. The van der Waals surface area contributed by atoms with E-state index in [9.17, 15) is 9.59 Å². The quantitative estimate of drug-likeness (QED) is 0.494. The number of nitriles is 1. The zero-order valence-corrected chi connectivity index (χ0v) is 20.2. The molecule has 0 radical (unpaired) electrons. The number of aryl methyl sites for hydroxylation is 1. The van der Waals surface area contributed by atoms with Crippen LogP contribution in [0.5, 0.6) is 0 Å². The number of methoxy groups -OCH3 is 1.